The van der Waals surface area contributed by atoms with E-state index in [1.54, 1.807) is 0 Å². The molecule has 3 aliphatic heterocycles. The van der Waals surface area contributed by atoms with Crippen LogP contribution in [-0.4, -0.2) is 61.7 Å². The number of nitrogens with zero attached hydrogens (tertiary/aromatic N) is 2. The highest BCUT2D eigenvalue weighted by atomic mass is 15.2. The molecule has 110 valence electrons. The first kappa shape index (κ1) is 13.8. The van der Waals surface area contributed by atoms with Gasteiger partial charge in [-0.25, -0.2) is 0 Å². The first-order valence-electron chi connectivity index (χ1n) is 8.59. The van der Waals surface area contributed by atoms with Crippen molar-refractivity contribution in [2.45, 2.75) is 51.0 Å². The molecule has 0 bridgehead atoms. The molecule has 3 fully saturated rings. The second-order valence-corrected chi connectivity index (χ2v) is 6.82. The van der Waals surface area contributed by atoms with Gasteiger partial charge in [-0.1, -0.05) is 6.42 Å². The fourth-order valence-corrected chi connectivity index (χ4v) is 4.18. The van der Waals surface area contributed by atoms with Crippen LogP contribution in [0.2, 0.25) is 0 Å². The lowest BCUT2D eigenvalue weighted by molar-refractivity contribution is 0.0823. The van der Waals surface area contributed by atoms with Gasteiger partial charge in [-0.2, -0.15) is 0 Å². The largest absolute Gasteiger partial charge is 0.317 e. The molecule has 3 rings (SSSR count). The van der Waals surface area contributed by atoms with Crippen LogP contribution in [0, 0.1) is 5.92 Å². The normalized spacial score (nSPS) is 29.7. The summed E-state index contributed by atoms with van der Waals surface area (Å²) in [6.45, 7) is 9.31. The maximum Gasteiger partial charge on any atom is 0.0120 e. The van der Waals surface area contributed by atoms with Crippen LogP contribution in [0.4, 0.5) is 0 Å². The molecule has 0 aromatic rings. The van der Waals surface area contributed by atoms with Gasteiger partial charge in [0.1, 0.15) is 0 Å². The van der Waals surface area contributed by atoms with Crippen molar-refractivity contribution in [2.75, 3.05) is 45.8 Å². The molecule has 0 amide bonds. The van der Waals surface area contributed by atoms with Gasteiger partial charge in [0.05, 0.1) is 0 Å². The molecule has 3 aliphatic rings. The van der Waals surface area contributed by atoms with E-state index in [9.17, 15) is 0 Å². The van der Waals surface area contributed by atoms with Crippen LogP contribution < -0.4 is 5.32 Å². The highest BCUT2D eigenvalue weighted by molar-refractivity contribution is 4.83. The zero-order valence-electron chi connectivity index (χ0n) is 12.4. The van der Waals surface area contributed by atoms with Crippen molar-refractivity contribution in [2.24, 2.45) is 5.92 Å². The van der Waals surface area contributed by atoms with Gasteiger partial charge < -0.3 is 15.1 Å². The lowest BCUT2D eigenvalue weighted by Crippen LogP contribution is -2.48. The second-order valence-electron chi connectivity index (χ2n) is 6.82. The number of piperidine rings is 3. The molecule has 0 saturated carbocycles. The van der Waals surface area contributed by atoms with Crippen LogP contribution in [0.5, 0.6) is 0 Å². The van der Waals surface area contributed by atoms with Gasteiger partial charge in [-0.3, -0.25) is 0 Å². The van der Waals surface area contributed by atoms with Crippen molar-refractivity contribution in [1.29, 1.82) is 0 Å². The van der Waals surface area contributed by atoms with E-state index in [-0.39, 0.29) is 0 Å². The van der Waals surface area contributed by atoms with E-state index in [2.05, 4.69) is 15.1 Å². The Balaban J connectivity index is 1.38. The SMILES string of the molecule is C1CCN(C2CCN(CC3CCNCC3)CC2)CC1. The number of hydrogen-bond acceptors (Lipinski definition) is 3. The zero-order valence-corrected chi connectivity index (χ0v) is 12.4. The molecule has 19 heavy (non-hydrogen) atoms. The van der Waals surface area contributed by atoms with Crippen molar-refractivity contribution in [3.63, 3.8) is 0 Å². The molecule has 3 saturated heterocycles. The fraction of sp³-hybridized carbons (Fsp3) is 1.00. The first-order chi connectivity index (χ1) is 9.42. The molecular formula is C16H31N3. The molecule has 0 atom stereocenters. The van der Waals surface area contributed by atoms with Gasteiger partial charge >= 0.3 is 0 Å². The van der Waals surface area contributed by atoms with Crippen LogP contribution in [0.15, 0.2) is 0 Å². The van der Waals surface area contributed by atoms with Crippen molar-refractivity contribution >= 4 is 0 Å². The summed E-state index contributed by atoms with van der Waals surface area (Å²) in [6.07, 6.45) is 9.98. The third-order valence-corrected chi connectivity index (χ3v) is 5.44. The van der Waals surface area contributed by atoms with E-state index in [1.807, 2.05) is 0 Å². The predicted molar refractivity (Wildman–Crippen MR) is 80.5 cm³/mol. The summed E-state index contributed by atoms with van der Waals surface area (Å²) >= 11 is 0. The quantitative estimate of drug-likeness (QED) is 0.841. The molecule has 1 N–H and O–H groups in total. The Labute approximate surface area is 118 Å². The van der Waals surface area contributed by atoms with E-state index in [1.165, 1.54) is 90.8 Å². The Morgan fingerprint density at radius 2 is 1.47 bits per heavy atom. The monoisotopic (exact) mass is 265 g/mol. The average Bonchev–Trinajstić information content (AvgIpc) is 2.50. The van der Waals surface area contributed by atoms with Crippen LogP contribution >= 0.6 is 0 Å². The summed E-state index contributed by atoms with van der Waals surface area (Å²) in [5, 5.41) is 3.48. The summed E-state index contributed by atoms with van der Waals surface area (Å²) in [4.78, 5) is 5.53. The molecule has 0 radical (unpaired) electrons. The molecule has 0 spiro atoms. The predicted octanol–water partition coefficient (Wildman–Crippen LogP) is 1.94. The fourth-order valence-electron chi connectivity index (χ4n) is 4.18. The summed E-state index contributed by atoms with van der Waals surface area (Å²) in [6, 6.07) is 0.907. The van der Waals surface area contributed by atoms with Crippen LogP contribution in [-0.2, 0) is 0 Å². The van der Waals surface area contributed by atoms with E-state index >= 15 is 0 Å². The summed E-state index contributed by atoms with van der Waals surface area (Å²) < 4.78 is 0. The first-order valence-corrected chi connectivity index (χ1v) is 8.59. The molecule has 0 unspecified atom stereocenters. The molecular weight excluding hydrogens is 234 g/mol. The van der Waals surface area contributed by atoms with Gasteiger partial charge in [0, 0.05) is 12.6 Å². The van der Waals surface area contributed by atoms with Crippen molar-refractivity contribution < 1.29 is 0 Å². The van der Waals surface area contributed by atoms with Crippen molar-refractivity contribution in [3.05, 3.63) is 0 Å². The standard InChI is InChI=1S/C16H31N3/c1-2-10-19(11-3-1)16-6-12-18(13-7-16)14-15-4-8-17-9-5-15/h15-17H,1-14H2. The Kier molecular flexibility index (Phi) is 5.14. The minimum absolute atomic E-state index is 0.907. The topological polar surface area (TPSA) is 18.5 Å². The smallest absolute Gasteiger partial charge is 0.0120 e. The highest BCUT2D eigenvalue weighted by Crippen LogP contribution is 2.22. The molecule has 0 aromatic heterocycles. The van der Waals surface area contributed by atoms with E-state index in [0.29, 0.717) is 0 Å². The van der Waals surface area contributed by atoms with E-state index in [4.69, 9.17) is 0 Å². The Morgan fingerprint density at radius 1 is 0.789 bits per heavy atom. The maximum absolute atomic E-state index is 3.48. The number of likely N-dealkylation sites (tertiary alicyclic amines) is 2. The third kappa shape index (κ3) is 3.93. The summed E-state index contributed by atoms with van der Waals surface area (Å²) in [5.74, 6) is 0.966. The molecule has 0 aromatic carbocycles. The Hall–Kier alpha value is -0.120. The highest BCUT2D eigenvalue weighted by Gasteiger charge is 2.26. The maximum atomic E-state index is 3.48. The minimum Gasteiger partial charge on any atom is -0.317 e. The molecule has 3 nitrogen and oxygen atoms in total. The van der Waals surface area contributed by atoms with Crippen LogP contribution in [0.1, 0.15) is 44.9 Å². The van der Waals surface area contributed by atoms with E-state index < -0.39 is 0 Å². The average molecular weight is 265 g/mol. The number of rotatable bonds is 3. The molecule has 3 heteroatoms. The van der Waals surface area contributed by atoms with Gasteiger partial charge in [0.15, 0.2) is 0 Å². The third-order valence-electron chi connectivity index (χ3n) is 5.44. The van der Waals surface area contributed by atoms with Crippen molar-refractivity contribution in [3.8, 4) is 0 Å². The number of hydrogen-bond donors (Lipinski definition) is 1. The second kappa shape index (κ2) is 7.05. The van der Waals surface area contributed by atoms with Gasteiger partial charge in [0.2, 0.25) is 0 Å². The van der Waals surface area contributed by atoms with E-state index in [0.717, 1.165) is 12.0 Å². The zero-order chi connectivity index (χ0) is 12.9. The van der Waals surface area contributed by atoms with Crippen molar-refractivity contribution in [1.82, 2.24) is 15.1 Å². The lowest BCUT2D eigenvalue weighted by Gasteiger charge is -2.41. The summed E-state index contributed by atoms with van der Waals surface area (Å²) in [5.41, 5.74) is 0. The minimum atomic E-state index is 0.907. The summed E-state index contributed by atoms with van der Waals surface area (Å²) in [7, 11) is 0. The van der Waals surface area contributed by atoms with Gasteiger partial charge in [-0.05, 0) is 83.7 Å². The van der Waals surface area contributed by atoms with Crippen LogP contribution in [0.3, 0.4) is 0 Å². The molecule has 3 heterocycles. The van der Waals surface area contributed by atoms with Gasteiger partial charge in [-0.15, -0.1) is 0 Å². The Bertz CT molecular complexity index is 249. The lowest BCUT2D eigenvalue weighted by atomic mass is 9.95. The number of nitrogens with one attached hydrogen (secondary N) is 1. The molecule has 0 aliphatic carbocycles. The van der Waals surface area contributed by atoms with Crippen LogP contribution in [0.25, 0.3) is 0 Å². The van der Waals surface area contributed by atoms with Gasteiger partial charge in [0.25, 0.3) is 0 Å². The Morgan fingerprint density at radius 3 is 2.16 bits per heavy atom.